The number of hydrogen-bond donors (Lipinski definition) is 2. The number of carbonyl (C=O) groups is 2. The van der Waals surface area contributed by atoms with Crippen LogP contribution in [-0.4, -0.2) is 44.0 Å². The molecule has 2 amide bonds. The van der Waals surface area contributed by atoms with Crippen LogP contribution < -0.4 is 15.8 Å². The zero-order valence-corrected chi connectivity index (χ0v) is 12.8. The van der Waals surface area contributed by atoms with Crippen LogP contribution in [0.25, 0.3) is 0 Å². The summed E-state index contributed by atoms with van der Waals surface area (Å²) in [5.74, 6) is 0.267. The highest BCUT2D eigenvalue weighted by molar-refractivity contribution is 5.80. The molecule has 0 spiro atoms. The van der Waals surface area contributed by atoms with E-state index in [1.54, 1.807) is 50.2 Å². The molecule has 3 N–H and O–H groups in total. The van der Waals surface area contributed by atoms with Crippen LogP contribution in [0.15, 0.2) is 24.3 Å². The maximum atomic E-state index is 11.9. The Bertz CT molecular complexity index is 491. The van der Waals surface area contributed by atoms with Gasteiger partial charge in [0.1, 0.15) is 5.75 Å². The molecule has 0 fully saturated rings. The SMILES string of the molecule is CNC(=O)C(C)CN(C)C(=O)CCOc1cccc(N)c1. The van der Waals surface area contributed by atoms with E-state index in [9.17, 15) is 9.59 Å². The number of anilines is 1. The van der Waals surface area contributed by atoms with Crippen LogP contribution in [0.2, 0.25) is 0 Å². The number of hydrogen-bond acceptors (Lipinski definition) is 4. The summed E-state index contributed by atoms with van der Waals surface area (Å²) in [4.78, 5) is 24.9. The zero-order valence-electron chi connectivity index (χ0n) is 12.8. The number of amides is 2. The van der Waals surface area contributed by atoms with Crippen LogP contribution in [0.1, 0.15) is 13.3 Å². The molecule has 6 nitrogen and oxygen atoms in total. The van der Waals surface area contributed by atoms with Gasteiger partial charge in [-0.2, -0.15) is 0 Å². The van der Waals surface area contributed by atoms with Crippen LogP contribution in [-0.2, 0) is 9.59 Å². The van der Waals surface area contributed by atoms with E-state index in [-0.39, 0.29) is 30.8 Å². The molecule has 0 saturated heterocycles. The fourth-order valence-electron chi connectivity index (χ4n) is 1.89. The summed E-state index contributed by atoms with van der Waals surface area (Å²) < 4.78 is 5.47. The third-order valence-electron chi connectivity index (χ3n) is 3.11. The third kappa shape index (κ3) is 5.72. The average molecular weight is 293 g/mol. The van der Waals surface area contributed by atoms with E-state index in [1.165, 1.54) is 0 Å². The summed E-state index contributed by atoms with van der Waals surface area (Å²) in [6.07, 6.45) is 0.256. The zero-order chi connectivity index (χ0) is 15.8. The van der Waals surface area contributed by atoms with Gasteiger partial charge in [0.2, 0.25) is 11.8 Å². The van der Waals surface area contributed by atoms with Crippen LogP contribution in [0.3, 0.4) is 0 Å². The number of nitrogens with one attached hydrogen (secondary N) is 1. The highest BCUT2D eigenvalue weighted by Crippen LogP contribution is 2.14. The molecule has 0 aromatic heterocycles. The Balaban J connectivity index is 2.34. The Morgan fingerprint density at radius 3 is 2.76 bits per heavy atom. The van der Waals surface area contributed by atoms with Gasteiger partial charge in [0.15, 0.2) is 0 Å². The van der Waals surface area contributed by atoms with E-state index >= 15 is 0 Å². The lowest BCUT2D eigenvalue weighted by Gasteiger charge is -2.20. The summed E-state index contributed by atoms with van der Waals surface area (Å²) in [6.45, 7) is 2.45. The van der Waals surface area contributed by atoms with Crippen molar-refractivity contribution in [2.75, 3.05) is 33.0 Å². The van der Waals surface area contributed by atoms with Gasteiger partial charge in [-0.25, -0.2) is 0 Å². The van der Waals surface area contributed by atoms with E-state index in [0.717, 1.165) is 0 Å². The Kier molecular flexibility index (Phi) is 6.52. The Morgan fingerprint density at radius 2 is 2.14 bits per heavy atom. The van der Waals surface area contributed by atoms with Crippen molar-refractivity contribution in [2.45, 2.75) is 13.3 Å². The molecule has 0 radical (unpaired) electrons. The molecule has 1 aromatic carbocycles. The number of nitrogens with two attached hydrogens (primary N) is 1. The van der Waals surface area contributed by atoms with Crippen LogP contribution >= 0.6 is 0 Å². The highest BCUT2D eigenvalue weighted by Gasteiger charge is 2.17. The highest BCUT2D eigenvalue weighted by atomic mass is 16.5. The lowest BCUT2D eigenvalue weighted by Crippen LogP contribution is -2.37. The number of rotatable bonds is 7. The molecular formula is C15H23N3O3. The predicted molar refractivity (Wildman–Crippen MR) is 81.8 cm³/mol. The molecule has 0 saturated carbocycles. The summed E-state index contributed by atoms with van der Waals surface area (Å²) >= 11 is 0. The number of nitrogen functional groups attached to an aromatic ring is 1. The summed E-state index contributed by atoms with van der Waals surface area (Å²) in [7, 11) is 3.27. The second kappa shape index (κ2) is 8.14. The Labute approximate surface area is 125 Å². The molecule has 6 heteroatoms. The number of benzene rings is 1. The number of carbonyl (C=O) groups excluding carboxylic acids is 2. The van der Waals surface area contributed by atoms with Crippen molar-refractivity contribution in [3.63, 3.8) is 0 Å². The van der Waals surface area contributed by atoms with Crippen LogP contribution in [0, 0.1) is 5.92 Å². The minimum atomic E-state index is -0.237. The Hall–Kier alpha value is -2.24. The van der Waals surface area contributed by atoms with Crippen molar-refractivity contribution in [3.05, 3.63) is 24.3 Å². The number of nitrogens with zero attached hydrogens (tertiary/aromatic N) is 1. The molecule has 1 aromatic rings. The van der Waals surface area contributed by atoms with Crippen LogP contribution in [0.5, 0.6) is 5.75 Å². The molecule has 21 heavy (non-hydrogen) atoms. The molecule has 0 heterocycles. The van der Waals surface area contributed by atoms with E-state index in [4.69, 9.17) is 10.5 Å². The van der Waals surface area contributed by atoms with E-state index in [1.807, 2.05) is 0 Å². The quantitative estimate of drug-likeness (QED) is 0.731. The first kappa shape index (κ1) is 16.8. The summed E-state index contributed by atoms with van der Waals surface area (Å²) in [6, 6.07) is 7.07. The van der Waals surface area contributed by atoms with Gasteiger partial charge in [0.05, 0.1) is 18.9 Å². The van der Waals surface area contributed by atoms with Crippen molar-refractivity contribution in [1.29, 1.82) is 0 Å². The average Bonchev–Trinajstić information content (AvgIpc) is 2.46. The standard InChI is InChI=1S/C15H23N3O3/c1-11(15(20)17-2)10-18(3)14(19)7-8-21-13-6-4-5-12(16)9-13/h4-6,9,11H,7-8,10,16H2,1-3H3,(H,17,20). The number of ether oxygens (including phenoxy) is 1. The fraction of sp³-hybridized carbons (Fsp3) is 0.467. The van der Waals surface area contributed by atoms with E-state index < -0.39 is 0 Å². The van der Waals surface area contributed by atoms with E-state index in [2.05, 4.69) is 5.32 Å². The molecule has 0 bridgehead atoms. The monoisotopic (exact) mass is 293 g/mol. The largest absolute Gasteiger partial charge is 0.493 e. The van der Waals surface area contributed by atoms with Crippen molar-refractivity contribution in [2.24, 2.45) is 5.92 Å². The summed E-state index contributed by atoms with van der Waals surface area (Å²) in [5.41, 5.74) is 6.26. The van der Waals surface area contributed by atoms with Crippen molar-refractivity contribution < 1.29 is 14.3 Å². The minimum absolute atomic E-state index is 0.0605. The molecule has 0 aliphatic heterocycles. The van der Waals surface area contributed by atoms with Gasteiger partial charge in [-0.1, -0.05) is 13.0 Å². The second-order valence-corrected chi connectivity index (χ2v) is 4.96. The molecule has 1 rings (SSSR count). The first-order chi connectivity index (χ1) is 9.93. The lowest BCUT2D eigenvalue weighted by molar-refractivity contribution is -0.132. The van der Waals surface area contributed by atoms with Crippen molar-refractivity contribution in [1.82, 2.24) is 10.2 Å². The molecular weight excluding hydrogens is 270 g/mol. The van der Waals surface area contributed by atoms with Crippen LogP contribution in [0.4, 0.5) is 5.69 Å². The third-order valence-corrected chi connectivity index (χ3v) is 3.11. The van der Waals surface area contributed by atoms with E-state index in [0.29, 0.717) is 18.0 Å². The van der Waals surface area contributed by atoms with Gasteiger partial charge in [0.25, 0.3) is 0 Å². The van der Waals surface area contributed by atoms with Crippen molar-refractivity contribution in [3.8, 4) is 5.75 Å². The first-order valence-electron chi connectivity index (χ1n) is 6.88. The van der Waals surface area contributed by atoms with Crippen molar-refractivity contribution >= 4 is 17.5 Å². The maximum Gasteiger partial charge on any atom is 0.225 e. The second-order valence-electron chi connectivity index (χ2n) is 4.96. The first-order valence-corrected chi connectivity index (χ1v) is 6.88. The predicted octanol–water partition coefficient (Wildman–Crippen LogP) is 0.878. The topological polar surface area (TPSA) is 84.7 Å². The fourth-order valence-corrected chi connectivity index (χ4v) is 1.89. The van der Waals surface area contributed by atoms with Gasteiger partial charge in [-0.15, -0.1) is 0 Å². The minimum Gasteiger partial charge on any atom is -0.493 e. The van der Waals surface area contributed by atoms with Gasteiger partial charge in [-0.05, 0) is 12.1 Å². The molecule has 1 unspecified atom stereocenters. The van der Waals surface area contributed by atoms with Gasteiger partial charge in [-0.3, -0.25) is 9.59 Å². The molecule has 1 atom stereocenters. The maximum absolute atomic E-state index is 11.9. The van der Waals surface area contributed by atoms with Gasteiger partial charge < -0.3 is 20.7 Å². The molecule has 0 aliphatic rings. The van der Waals surface area contributed by atoms with Gasteiger partial charge >= 0.3 is 0 Å². The molecule has 116 valence electrons. The smallest absolute Gasteiger partial charge is 0.225 e. The lowest BCUT2D eigenvalue weighted by atomic mass is 10.1. The van der Waals surface area contributed by atoms with Gasteiger partial charge in [0, 0.05) is 32.4 Å². The molecule has 0 aliphatic carbocycles. The summed E-state index contributed by atoms with van der Waals surface area (Å²) in [5, 5.41) is 2.57. The normalized spacial score (nSPS) is 11.6. The Morgan fingerprint density at radius 1 is 1.43 bits per heavy atom.